The van der Waals surface area contributed by atoms with E-state index in [2.05, 4.69) is 10.6 Å². The molecule has 18 heavy (non-hydrogen) atoms. The van der Waals surface area contributed by atoms with Gasteiger partial charge in [-0.05, 0) is 38.1 Å². The van der Waals surface area contributed by atoms with E-state index in [9.17, 15) is 4.79 Å². The van der Waals surface area contributed by atoms with Crippen molar-refractivity contribution < 1.29 is 9.53 Å². The largest absolute Gasteiger partial charge is 0.368 e. The van der Waals surface area contributed by atoms with Crippen molar-refractivity contribution in [1.82, 2.24) is 5.32 Å². The third kappa shape index (κ3) is 3.98. The van der Waals surface area contributed by atoms with Crippen LogP contribution in [-0.4, -0.2) is 31.7 Å². The molecule has 1 fully saturated rings. The number of para-hydroxylation sites is 1. The minimum atomic E-state index is -0.165. The summed E-state index contributed by atoms with van der Waals surface area (Å²) in [6.45, 7) is 1.99. The average Bonchev–Trinajstić information content (AvgIpc) is 2.40. The van der Waals surface area contributed by atoms with Gasteiger partial charge in [0.25, 0.3) is 0 Å². The zero-order valence-electron chi connectivity index (χ0n) is 10.1. The predicted molar refractivity (Wildman–Crippen MR) is 71.9 cm³/mol. The van der Waals surface area contributed by atoms with Crippen molar-refractivity contribution in [1.29, 1.82) is 0 Å². The Morgan fingerprint density at radius 1 is 1.39 bits per heavy atom. The Hall–Kier alpha value is -1.10. The van der Waals surface area contributed by atoms with Gasteiger partial charge in [-0.2, -0.15) is 0 Å². The lowest BCUT2D eigenvalue weighted by atomic mass is 10.1. The molecule has 0 spiro atoms. The van der Waals surface area contributed by atoms with Gasteiger partial charge in [0.05, 0.1) is 16.8 Å². The molecule has 1 heterocycles. The van der Waals surface area contributed by atoms with Crippen LogP contribution in [0.15, 0.2) is 24.3 Å². The van der Waals surface area contributed by atoms with Gasteiger partial charge < -0.3 is 15.4 Å². The average molecular weight is 269 g/mol. The topological polar surface area (TPSA) is 50.4 Å². The second kappa shape index (κ2) is 6.73. The highest BCUT2D eigenvalue weighted by atomic mass is 35.5. The van der Waals surface area contributed by atoms with E-state index in [0.29, 0.717) is 10.7 Å². The lowest BCUT2D eigenvalue weighted by molar-refractivity contribution is -0.123. The summed E-state index contributed by atoms with van der Waals surface area (Å²) in [6, 6.07) is 7.16. The minimum Gasteiger partial charge on any atom is -0.368 e. The maximum absolute atomic E-state index is 11.7. The van der Waals surface area contributed by atoms with Crippen LogP contribution >= 0.6 is 11.6 Å². The van der Waals surface area contributed by atoms with Crippen molar-refractivity contribution in [3.05, 3.63) is 29.3 Å². The van der Waals surface area contributed by atoms with Crippen LogP contribution in [0.1, 0.15) is 12.8 Å². The number of hydrogen-bond acceptors (Lipinski definition) is 3. The molecule has 5 heteroatoms. The number of ether oxygens (including phenoxy) is 1. The van der Waals surface area contributed by atoms with E-state index in [1.807, 2.05) is 12.1 Å². The van der Waals surface area contributed by atoms with Crippen LogP contribution in [0.4, 0.5) is 5.69 Å². The molecule has 0 atom stereocenters. The molecule has 0 saturated carbocycles. The first-order valence-corrected chi connectivity index (χ1v) is 6.50. The summed E-state index contributed by atoms with van der Waals surface area (Å²) in [5, 5.41) is 6.52. The molecule has 0 unspecified atom stereocenters. The Morgan fingerprint density at radius 2 is 2.11 bits per heavy atom. The number of nitrogens with one attached hydrogen (secondary N) is 2. The Balaban J connectivity index is 1.76. The maximum atomic E-state index is 11.7. The maximum Gasteiger partial charge on any atom is 0.250 e. The van der Waals surface area contributed by atoms with Crippen LogP contribution < -0.4 is 10.6 Å². The highest BCUT2D eigenvalue weighted by molar-refractivity contribution is 6.33. The highest BCUT2D eigenvalue weighted by Gasteiger charge is 2.15. The summed E-state index contributed by atoms with van der Waals surface area (Å²) >= 11 is 5.95. The molecule has 1 aromatic carbocycles. The van der Waals surface area contributed by atoms with Gasteiger partial charge in [0.15, 0.2) is 0 Å². The molecule has 1 aromatic rings. The standard InChI is InChI=1S/C13H17ClN2O2/c14-11-3-1-2-4-12(11)16-13(17)9-18-10-5-7-15-8-6-10/h1-4,10,15H,5-9H2,(H,16,17). The first kappa shape index (κ1) is 13.3. The van der Waals surface area contributed by atoms with Crippen LogP contribution in [-0.2, 0) is 9.53 Å². The normalized spacial score (nSPS) is 16.5. The minimum absolute atomic E-state index is 0.0793. The molecule has 0 aromatic heterocycles. The molecule has 1 aliphatic rings. The lowest BCUT2D eigenvalue weighted by Crippen LogP contribution is -2.34. The molecule has 0 radical (unpaired) electrons. The van der Waals surface area contributed by atoms with Gasteiger partial charge in [-0.1, -0.05) is 23.7 Å². The highest BCUT2D eigenvalue weighted by Crippen LogP contribution is 2.20. The summed E-state index contributed by atoms with van der Waals surface area (Å²) in [4.78, 5) is 11.7. The first-order valence-electron chi connectivity index (χ1n) is 6.12. The van der Waals surface area contributed by atoms with Gasteiger partial charge in [0.2, 0.25) is 5.91 Å². The molecule has 4 nitrogen and oxygen atoms in total. The van der Waals surface area contributed by atoms with Crippen LogP contribution in [0.2, 0.25) is 5.02 Å². The van der Waals surface area contributed by atoms with Crippen LogP contribution in [0.25, 0.3) is 0 Å². The van der Waals surface area contributed by atoms with E-state index >= 15 is 0 Å². The zero-order valence-corrected chi connectivity index (χ0v) is 10.9. The van der Waals surface area contributed by atoms with Crippen LogP contribution in [0.5, 0.6) is 0 Å². The Labute approximate surface area is 112 Å². The van der Waals surface area contributed by atoms with Gasteiger partial charge in [-0.15, -0.1) is 0 Å². The number of rotatable bonds is 4. The van der Waals surface area contributed by atoms with E-state index in [0.717, 1.165) is 25.9 Å². The number of carbonyl (C=O) groups excluding carboxylic acids is 1. The van der Waals surface area contributed by atoms with Crippen molar-refractivity contribution in [2.75, 3.05) is 25.0 Å². The summed E-state index contributed by atoms with van der Waals surface area (Å²) in [7, 11) is 0. The third-order valence-corrected chi connectivity index (χ3v) is 3.21. The molecule has 1 aliphatic heterocycles. The Morgan fingerprint density at radius 3 is 2.83 bits per heavy atom. The van der Waals surface area contributed by atoms with Crippen molar-refractivity contribution >= 4 is 23.2 Å². The van der Waals surface area contributed by atoms with E-state index in [-0.39, 0.29) is 18.6 Å². The van der Waals surface area contributed by atoms with Crippen molar-refractivity contribution in [2.24, 2.45) is 0 Å². The Bertz CT molecular complexity index is 406. The zero-order chi connectivity index (χ0) is 12.8. The van der Waals surface area contributed by atoms with E-state index in [1.54, 1.807) is 12.1 Å². The summed E-state index contributed by atoms with van der Waals surface area (Å²) < 4.78 is 5.56. The molecule has 0 aliphatic carbocycles. The number of halogens is 1. The van der Waals surface area contributed by atoms with Gasteiger partial charge >= 0.3 is 0 Å². The molecule has 2 N–H and O–H groups in total. The number of hydrogen-bond donors (Lipinski definition) is 2. The van der Waals surface area contributed by atoms with Gasteiger partial charge in [-0.3, -0.25) is 4.79 Å². The molecule has 98 valence electrons. The fourth-order valence-corrected chi connectivity index (χ4v) is 2.09. The van der Waals surface area contributed by atoms with E-state index in [1.165, 1.54) is 0 Å². The number of piperidine rings is 1. The quantitative estimate of drug-likeness (QED) is 0.879. The molecule has 2 rings (SSSR count). The lowest BCUT2D eigenvalue weighted by Gasteiger charge is -2.22. The van der Waals surface area contributed by atoms with Crippen LogP contribution in [0.3, 0.4) is 0 Å². The first-order chi connectivity index (χ1) is 8.75. The van der Waals surface area contributed by atoms with Crippen LogP contribution in [0, 0.1) is 0 Å². The number of carbonyl (C=O) groups is 1. The van der Waals surface area contributed by atoms with Gasteiger partial charge in [0.1, 0.15) is 6.61 Å². The smallest absolute Gasteiger partial charge is 0.250 e. The number of amides is 1. The number of anilines is 1. The monoisotopic (exact) mass is 268 g/mol. The summed E-state index contributed by atoms with van der Waals surface area (Å²) in [5.74, 6) is -0.165. The fraction of sp³-hybridized carbons (Fsp3) is 0.462. The fourth-order valence-electron chi connectivity index (χ4n) is 1.90. The SMILES string of the molecule is O=C(COC1CCNCC1)Nc1ccccc1Cl. The molecule has 1 amide bonds. The van der Waals surface area contributed by atoms with E-state index < -0.39 is 0 Å². The second-order valence-corrected chi connectivity index (χ2v) is 4.70. The Kier molecular flexibility index (Phi) is 4.99. The van der Waals surface area contributed by atoms with Gasteiger partial charge in [-0.25, -0.2) is 0 Å². The second-order valence-electron chi connectivity index (χ2n) is 4.29. The summed E-state index contributed by atoms with van der Waals surface area (Å²) in [6.07, 6.45) is 2.10. The molecular formula is C13H17ClN2O2. The molecular weight excluding hydrogens is 252 g/mol. The van der Waals surface area contributed by atoms with Gasteiger partial charge in [0, 0.05) is 0 Å². The van der Waals surface area contributed by atoms with Crippen molar-refractivity contribution in [3.8, 4) is 0 Å². The van der Waals surface area contributed by atoms with Crippen molar-refractivity contribution in [2.45, 2.75) is 18.9 Å². The molecule has 0 bridgehead atoms. The number of benzene rings is 1. The van der Waals surface area contributed by atoms with E-state index in [4.69, 9.17) is 16.3 Å². The molecule has 1 saturated heterocycles. The summed E-state index contributed by atoms with van der Waals surface area (Å²) in [5.41, 5.74) is 0.623. The predicted octanol–water partition coefficient (Wildman–Crippen LogP) is 2.05. The third-order valence-electron chi connectivity index (χ3n) is 2.88. The van der Waals surface area contributed by atoms with Crippen molar-refractivity contribution in [3.63, 3.8) is 0 Å².